The number of carbonyl (C=O) groups excluding carboxylic acids is 1. The molecule has 0 radical (unpaired) electrons. The Hall–Kier alpha value is -0.570. The molecule has 0 bridgehead atoms. The second-order valence-electron chi connectivity index (χ2n) is 9.97. The molecule has 0 spiro atoms. The van der Waals surface area contributed by atoms with E-state index in [2.05, 4.69) is 40.2 Å². The molecule has 1 amide bonds. The van der Waals surface area contributed by atoms with Crippen LogP contribution in [0.25, 0.3) is 0 Å². The topological polar surface area (TPSA) is 29.1 Å². The highest BCUT2D eigenvalue weighted by molar-refractivity contribution is 5.75. The van der Waals surface area contributed by atoms with E-state index in [1.165, 1.54) is 83.5 Å². The number of rotatable bonds is 21. The fraction of sp³-hybridized carbons (Fsp3) is 0.926. The molecule has 0 heterocycles. The molecular weight excluding hydrogens is 368 g/mol. The average Bonchev–Trinajstić information content (AvgIpc) is 2.71. The predicted molar refractivity (Wildman–Crippen MR) is 136 cm³/mol. The van der Waals surface area contributed by atoms with Crippen LogP contribution in [-0.2, 0) is 4.79 Å². The summed E-state index contributed by atoms with van der Waals surface area (Å²) in [6, 6.07) is 0. The third-order valence-corrected chi connectivity index (χ3v) is 6.67. The number of nitrogens with zero attached hydrogens (tertiary/aromatic N) is 1. The lowest BCUT2D eigenvalue weighted by Gasteiger charge is -2.28. The SMILES string of the molecule is CCC(C)CCCCCCCCCCCCCCC(=O)NCCC[N+](C)(C)CC.[CH3-]. The number of amides is 1. The summed E-state index contributed by atoms with van der Waals surface area (Å²) in [5.41, 5.74) is 0. The number of quaternary nitrogens is 1. The van der Waals surface area contributed by atoms with Gasteiger partial charge in [-0.25, -0.2) is 0 Å². The first-order valence-corrected chi connectivity index (χ1v) is 13.0. The first-order valence-electron chi connectivity index (χ1n) is 13.0. The molecule has 0 aromatic heterocycles. The highest BCUT2D eigenvalue weighted by Gasteiger charge is 2.10. The van der Waals surface area contributed by atoms with Crippen LogP contribution in [0.15, 0.2) is 0 Å². The summed E-state index contributed by atoms with van der Waals surface area (Å²) in [6.45, 7) is 10.0. The van der Waals surface area contributed by atoms with E-state index < -0.39 is 0 Å². The van der Waals surface area contributed by atoms with E-state index in [1.54, 1.807) is 0 Å². The van der Waals surface area contributed by atoms with E-state index in [1.807, 2.05) is 0 Å². The molecule has 0 saturated heterocycles. The van der Waals surface area contributed by atoms with Gasteiger partial charge in [-0.2, -0.15) is 0 Å². The number of nitrogens with one attached hydrogen (secondary N) is 1. The molecule has 1 atom stereocenters. The van der Waals surface area contributed by atoms with Crippen LogP contribution in [0.5, 0.6) is 0 Å². The number of carbonyl (C=O) groups is 1. The van der Waals surface area contributed by atoms with Crippen LogP contribution in [0, 0.1) is 13.3 Å². The predicted octanol–water partition coefficient (Wildman–Crippen LogP) is 7.55. The minimum absolute atomic E-state index is 0. The Labute approximate surface area is 191 Å². The first kappa shape index (κ1) is 31.6. The highest BCUT2D eigenvalue weighted by atomic mass is 16.1. The second-order valence-corrected chi connectivity index (χ2v) is 9.97. The van der Waals surface area contributed by atoms with E-state index in [4.69, 9.17) is 0 Å². The number of unbranched alkanes of at least 4 members (excludes halogenated alkanes) is 11. The molecule has 1 N–H and O–H groups in total. The highest BCUT2D eigenvalue weighted by Crippen LogP contribution is 2.15. The zero-order valence-corrected chi connectivity index (χ0v) is 21.9. The summed E-state index contributed by atoms with van der Waals surface area (Å²) in [5.74, 6) is 1.17. The van der Waals surface area contributed by atoms with Gasteiger partial charge < -0.3 is 17.2 Å². The van der Waals surface area contributed by atoms with Gasteiger partial charge >= 0.3 is 0 Å². The van der Waals surface area contributed by atoms with E-state index in [-0.39, 0.29) is 13.3 Å². The fourth-order valence-electron chi connectivity index (χ4n) is 3.73. The van der Waals surface area contributed by atoms with E-state index in [0.29, 0.717) is 6.42 Å². The van der Waals surface area contributed by atoms with Gasteiger partial charge in [0.2, 0.25) is 5.91 Å². The Bertz CT molecular complexity index is 368. The van der Waals surface area contributed by atoms with Crippen LogP contribution in [0.2, 0.25) is 0 Å². The van der Waals surface area contributed by atoms with Gasteiger partial charge in [-0.1, -0.05) is 97.3 Å². The van der Waals surface area contributed by atoms with Crippen LogP contribution in [-0.4, -0.2) is 44.1 Å². The minimum atomic E-state index is 0. The van der Waals surface area contributed by atoms with Crippen molar-refractivity contribution in [2.75, 3.05) is 33.7 Å². The molecule has 0 saturated carbocycles. The number of hydrogen-bond acceptors (Lipinski definition) is 1. The summed E-state index contributed by atoms with van der Waals surface area (Å²) >= 11 is 0. The Morgan fingerprint density at radius 3 is 1.70 bits per heavy atom. The van der Waals surface area contributed by atoms with Crippen molar-refractivity contribution < 1.29 is 9.28 Å². The van der Waals surface area contributed by atoms with Gasteiger partial charge in [-0.15, -0.1) is 0 Å². The Morgan fingerprint density at radius 2 is 1.23 bits per heavy atom. The van der Waals surface area contributed by atoms with Crippen molar-refractivity contribution in [2.24, 2.45) is 5.92 Å². The van der Waals surface area contributed by atoms with Gasteiger partial charge in [-0.05, 0) is 19.3 Å². The average molecular weight is 427 g/mol. The van der Waals surface area contributed by atoms with Gasteiger partial charge in [0.05, 0.1) is 27.2 Å². The zero-order valence-electron chi connectivity index (χ0n) is 21.9. The van der Waals surface area contributed by atoms with E-state index in [9.17, 15) is 4.79 Å². The molecule has 0 aliphatic carbocycles. The van der Waals surface area contributed by atoms with E-state index >= 15 is 0 Å². The third-order valence-electron chi connectivity index (χ3n) is 6.67. The van der Waals surface area contributed by atoms with Crippen LogP contribution in [0.4, 0.5) is 0 Å². The lowest BCUT2D eigenvalue weighted by Crippen LogP contribution is -2.41. The minimum Gasteiger partial charge on any atom is -0.358 e. The summed E-state index contributed by atoms with van der Waals surface area (Å²) in [5, 5.41) is 3.08. The van der Waals surface area contributed by atoms with E-state index in [0.717, 1.165) is 42.9 Å². The molecule has 3 heteroatoms. The largest absolute Gasteiger partial charge is 0.358 e. The lowest BCUT2D eigenvalue weighted by molar-refractivity contribution is -0.888. The molecule has 0 rings (SSSR count). The Morgan fingerprint density at radius 1 is 0.767 bits per heavy atom. The molecule has 3 nitrogen and oxygen atoms in total. The molecular formula is C27H58N2O. The quantitative estimate of drug-likeness (QED) is 0.115. The summed E-state index contributed by atoms with van der Waals surface area (Å²) < 4.78 is 1.04. The van der Waals surface area contributed by atoms with Crippen molar-refractivity contribution >= 4 is 5.91 Å². The van der Waals surface area contributed by atoms with Gasteiger partial charge in [0.15, 0.2) is 0 Å². The molecule has 0 fully saturated rings. The summed E-state index contributed by atoms with van der Waals surface area (Å²) in [7, 11) is 4.50. The van der Waals surface area contributed by atoms with Gasteiger partial charge in [0.25, 0.3) is 0 Å². The van der Waals surface area contributed by atoms with Crippen molar-refractivity contribution in [2.45, 2.75) is 124 Å². The molecule has 0 aliphatic heterocycles. The monoisotopic (exact) mass is 426 g/mol. The van der Waals surface area contributed by atoms with Crippen LogP contribution < -0.4 is 5.32 Å². The Balaban J connectivity index is 0. The van der Waals surface area contributed by atoms with Crippen molar-refractivity contribution in [3.8, 4) is 0 Å². The molecule has 0 aliphatic rings. The van der Waals surface area contributed by atoms with Crippen molar-refractivity contribution in [1.29, 1.82) is 0 Å². The third kappa shape index (κ3) is 22.1. The standard InChI is InChI=1S/C26H54N2O.CH3/c1-6-25(3)21-18-16-14-12-10-8-9-11-13-15-17-19-22-26(29)27-23-20-24-28(4,5)7-2;/h25H,6-24H2,1-5H3;1H3/q;-1/p+1. The van der Waals surface area contributed by atoms with Crippen LogP contribution >= 0.6 is 0 Å². The maximum atomic E-state index is 11.9. The maximum absolute atomic E-state index is 11.9. The molecule has 182 valence electrons. The van der Waals surface area contributed by atoms with Crippen LogP contribution in [0.3, 0.4) is 0 Å². The molecule has 30 heavy (non-hydrogen) atoms. The van der Waals surface area contributed by atoms with Gasteiger partial charge in [0, 0.05) is 19.4 Å². The number of hydrogen-bond donors (Lipinski definition) is 1. The first-order chi connectivity index (χ1) is 13.9. The van der Waals surface area contributed by atoms with Crippen molar-refractivity contribution in [1.82, 2.24) is 5.32 Å². The molecule has 1 unspecified atom stereocenters. The summed E-state index contributed by atoms with van der Waals surface area (Å²) in [4.78, 5) is 11.9. The maximum Gasteiger partial charge on any atom is 0.219 e. The van der Waals surface area contributed by atoms with Gasteiger partial charge in [-0.3, -0.25) is 4.79 Å². The van der Waals surface area contributed by atoms with Crippen molar-refractivity contribution in [3.05, 3.63) is 7.43 Å². The molecule has 0 aromatic rings. The summed E-state index contributed by atoms with van der Waals surface area (Å²) in [6.07, 6.45) is 20.8. The van der Waals surface area contributed by atoms with Crippen molar-refractivity contribution in [3.63, 3.8) is 0 Å². The zero-order chi connectivity index (χ0) is 21.8. The fourth-order valence-corrected chi connectivity index (χ4v) is 3.73. The lowest BCUT2D eigenvalue weighted by atomic mass is 9.99. The molecule has 0 aromatic carbocycles. The van der Waals surface area contributed by atoms with Gasteiger partial charge in [0.1, 0.15) is 0 Å². The Kier molecular flexibility index (Phi) is 22.8. The smallest absolute Gasteiger partial charge is 0.219 e. The normalized spacial score (nSPS) is 12.4. The van der Waals surface area contributed by atoms with Crippen LogP contribution in [0.1, 0.15) is 124 Å². The second kappa shape index (κ2) is 21.7.